The number of piperazine rings is 1. The summed E-state index contributed by atoms with van der Waals surface area (Å²) in [5.41, 5.74) is 5.53. The second kappa shape index (κ2) is 6.52. The van der Waals surface area contributed by atoms with E-state index < -0.39 is 5.54 Å². The summed E-state index contributed by atoms with van der Waals surface area (Å²) in [5.74, 6) is -0.352. The molecule has 132 valence electrons. The molecule has 1 aromatic heterocycles. The van der Waals surface area contributed by atoms with Crippen molar-refractivity contribution in [2.45, 2.75) is 31.8 Å². The van der Waals surface area contributed by atoms with Crippen molar-refractivity contribution < 1.29 is 14.3 Å². The average Bonchev–Trinajstić information content (AvgIpc) is 3.24. The molecular weight excluding hydrogens is 310 g/mol. The Morgan fingerprint density at radius 1 is 1.29 bits per heavy atom. The summed E-state index contributed by atoms with van der Waals surface area (Å²) in [5, 5.41) is 4.22. The van der Waals surface area contributed by atoms with Crippen LogP contribution in [0, 0.1) is 0 Å². The zero-order valence-corrected chi connectivity index (χ0v) is 14.3. The molecule has 2 fully saturated rings. The summed E-state index contributed by atoms with van der Waals surface area (Å²) in [6.07, 6.45) is 2.28. The molecule has 8 heteroatoms. The lowest BCUT2D eigenvalue weighted by atomic mass is 9.94. The Bertz CT molecular complexity index is 613. The van der Waals surface area contributed by atoms with Crippen LogP contribution >= 0.6 is 0 Å². The van der Waals surface area contributed by atoms with Crippen LogP contribution in [0.2, 0.25) is 0 Å². The molecule has 2 aliphatic heterocycles. The van der Waals surface area contributed by atoms with Crippen molar-refractivity contribution in [3.05, 3.63) is 18.0 Å². The molecule has 0 radical (unpaired) electrons. The Morgan fingerprint density at radius 3 is 2.54 bits per heavy atom. The molecule has 1 aromatic rings. The predicted octanol–water partition coefficient (Wildman–Crippen LogP) is -0.134. The zero-order chi connectivity index (χ0) is 17.3. The number of carbonyl (C=O) groups is 2. The SMILES string of the molecule is CC(C)n1nccc1C(=O)N1CCN(C2(C(N)=O)CCOC2)CC1. The van der Waals surface area contributed by atoms with Crippen LogP contribution in [-0.2, 0) is 9.53 Å². The van der Waals surface area contributed by atoms with Crippen molar-refractivity contribution in [1.82, 2.24) is 19.6 Å². The van der Waals surface area contributed by atoms with Crippen LogP contribution < -0.4 is 5.73 Å². The number of amides is 2. The van der Waals surface area contributed by atoms with Crippen molar-refractivity contribution in [2.24, 2.45) is 5.73 Å². The Balaban J connectivity index is 1.68. The molecular formula is C16H25N5O3. The Hall–Kier alpha value is -1.93. The number of hydrogen-bond acceptors (Lipinski definition) is 5. The number of hydrogen-bond donors (Lipinski definition) is 1. The molecule has 3 rings (SSSR count). The van der Waals surface area contributed by atoms with E-state index in [2.05, 4.69) is 10.00 Å². The molecule has 2 aliphatic rings. The van der Waals surface area contributed by atoms with Gasteiger partial charge in [0.05, 0.1) is 6.61 Å². The van der Waals surface area contributed by atoms with Gasteiger partial charge in [-0.05, 0) is 19.9 Å². The first-order valence-corrected chi connectivity index (χ1v) is 8.41. The quantitative estimate of drug-likeness (QED) is 0.827. The van der Waals surface area contributed by atoms with Gasteiger partial charge in [0.15, 0.2) is 0 Å². The van der Waals surface area contributed by atoms with Crippen molar-refractivity contribution >= 4 is 11.8 Å². The molecule has 1 unspecified atom stereocenters. The number of carbonyl (C=O) groups excluding carboxylic acids is 2. The fourth-order valence-corrected chi connectivity index (χ4v) is 3.55. The van der Waals surface area contributed by atoms with Gasteiger partial charge in [-0.2, -0.15) is 5.10 Å². The molecule has 8 nitrogen and oxygen atoms in total. The largest absolute Gasteiger partial charge is 0.379 e. The molecule has 0 saturated carbocycles. The van der Waals surface area contributed by atoms with Gasteiger partial charge in [0.25, 0.3) is 5.91 Å². The molecule has 2 saturated heterocycles. The number of nitrogens with two attached hydrogens (primary N) is 1. The van der Waals surface area contributed by atoms with Crippen LogP contribution in [-0.4, -0.2) is 76.3 Å². The van der Waals surface area contributed by atoms with E-state index in [0.717, 1.165) is 0 Å². The lowest BCUT2D eigenvalue weighted by Gasteiger charge is -2.43. The minimum Gasteiger partial charge on any atom is -0.379 e. The molecule has 24 heavy (non-hydrogen) atoms. The molecule has 0 bridgehead atoms. The minimum absolute atomic E-state index is 0.0170. The Morgan fingerprint density at radius 2 is 2.00 bits per heavy atom. The molecule has 2 amide bonds. The third-order valence-electron chi connectivity index (χ3n) is 5.01. The van der Waals surface area contributed by atoms with Crippen LogP contribution in [0.15, 0.2) is 12.3 Å². The van der Waals surface area contributed by atoms with Gasteiger partial charge < -0.3 is 15.4 Å². The highest BCUT2D eigenvalue weighted by Gasteiger charge is 2.47. The number of ether oxygens (including phenoxy) is 1. The third kappa shape index (κ3) is 2.80. The first-order valence-electron chi connectivity index (χ1n) is 8.41. The normalized spacial score (nSPS) is 25.4. The van der Waals surface area contributed by atoms with Crippen molar-refractivity contribution in [1.29, 1.82) is 0 Å². The van der Waals surface area contributed by atoms with Crippen LogP contribution in [0.25, 0.3) is 0 Å². The third-order valence-corrected chi connectivity index (χ3v) is 5.01. The first-order chi connectivity index (χ1) is 11.5. The maximum atomic E-state index is 12.8. The monoisotopic (exact) mass is 335 g/mol. The lowest BCUT2D eigenvalue weighted by molar-refractivity contribution is -0.131. The predicted molar refractivity (Wildman–Crippen MR) is 87.4 cm³/mol. The maximum absolute atomic E-state index is 12.8. The fraction of sp³-hybridized carbons (Fsp3) is 0.688. The van der Waals surface area contributed by atoms with Crippen molar-refractivity contribution in [3.63, 3.8) is 0 Å². The number of nitrogens with zero attached hydrogens (tertiary/aromatic N) is 4. The first kappa shape index (κ1) is 16.9. The van der Waals surface area contributed by atoms with E-state index in [1.165, 1.54) is 0 Å². The van der Waals surface area contributed by atoms with Crippen LogP contribution in [0.5, 0.6) is 0 Å². The smallest absolute Gasteiger partial charge is 0.272 e. The number of aromatic nitrogens is 2. The van der Waals surface area contributed by atoms with Gasteiger partial charge in [0.1, 0.15) is 11.2 Å². The topological polar surface area (TPSA) is 93.7 Å². The fourth-order valence-electron chi connectivity index (χ4n) is 3.55. The maximum Gasteiger partial charge on any atom is 0.272 e. The summed E-state index contributed by atoms with van der Waals surface area (Å²) in [7, 11) is 0. The molecule has 2 N–H and O–H groups in total. The molecule has 0 spiro atoms. The average molecular weight is 335 g/mol. The molecule has 1 atom stereocenters. The summed E-state index contributed by atoms with van der Waals surface area (Å²) >= 11 is 0. The van der Waals surface area contributed by atoms with E-state index in [0.29, 0.717) is 51.5 Å². The van der Waals surface area contributed by atoms with Gasteiger partial charge in [0, 0.05) is 51.4 Å². The Labute approximate surface area is 141 Å². The van der Waals surface area contributed by atoms with Crippen molar-refractivity contribution in [3.8, 4) is 0 Å². The standard InChI is InChI=1S/C16H25N5O3/c1-12(2)21-13(3-5-18-21)14(22)19-6-8-20(9-7-19)16(15(17)23)4-10-24-11-16/h3,5,12H,4,6-11H2,1-2H3,(H2,17,23). The van der Waals surface area contributed by atoms with E-state index in [9.17, 15) is 9.59 Å². The van der Waals surface area contributed by atoms with Crippen LogP contribution in [0.1, 0.15) is 36.8 Å². The van der Waals surface area contributed by atoms with E-state index in [4.69, 9.17) is 10.5 Å². The minimum atomic E-state index is -0.713. The second-order valence-electron chi connectivity index (χ2n) is 6.73. The summed E-state index contributed by atoms with van der Waals surface area (Å²) in [4.78, 5) is 28.6. The summed E-state index contributed by atoms with van der Waals surface area (Å²) < 4.78 is 7.16. The highest BCUT2D eigenvalue weighted by molar-refractivity contribution is 5.92. The van der Waals surface area contributed by atoms with E-state index >= 15 is 0 Å². The van der Waals surface area contributed by atoms with Crippen molar-refractivity contribution in [2.75, 3.05) is 39.4 Å². The molecule has 0 aromatic carbocycles. The lowest BCUT2D eigenvalue weighted by Crippen LogP contribution is -2.63. The van der Waals surface area contributed by atoms with Crippen LogP contribution in [0.4, 0.5) is 0 Å². The van der Waals surface area contributed by atoms with Crippen LogP contribution in [0.3, 0.4) is 0 Å². The number of primary amides is 1. The van der Waals surface area contributed by atoms with Gasteiger partial charge in [-0.15, -0.1) is 0 Å². The van der Waals surface area contributed by atoms with E-state index in [1.807, 2.05) is 18.7 Å². The summed E-state index contributed by atoms with van der Waals surface area (Å²) in [6, 6.07) is 1.89. The Kier molecular flexibility index (Phi) is 4.60. The highest BCUT2D eigenvalue weighted by atomic mass is 16.5. The van der Waals surface area contributed by atoms with Gasteiger partial charge in [0.2, 0.25) is 5.91 Å². The zero-order valence-electron chi connectivity index (χ0n) is 14.3. The molecule has 3 heterocycles. The second-order valence-corrected chi connectivity index (χ2v) is 6.73. The van der Waals surface area contributed by atoms with E-state index in [1.54, 1.807) is 16.9 Å². The molecule has 0 aliphatic carbocycles. The number of rotatable bonds is 4. The van der Waals surface area contributed by atoms with E-state index in [-0.39, 0.29) is 17.9 Å². The van der Waals surface area contributed by atoms with Gasteiger partial charge in [-0.1, -0.05) is 0 Å². The van der Waals surface area contributed by atoms with Gasteiger partial charge in [-0.3, -0.25) is 19.2 Å². The van der Waals surface area contributed by atoms with Gasteiger partial charge in [-0.25, -0.2) is 0 Å². The van der Waals surface area contributed by atoms with Gasteiger partial charge >= 0.3 is 0 Å². The highest BCUT2D eigenvalue weighted by Crippen LogP contribution is 2.27. The summed E-state index contributed by atoms with van der Waals surface area (Å²) in [6.45, 7) is 7.26.